The van der Waals surface area contributed by atoms with Crippen LogP contribution in [0.15, 0.2) is 24.3 Å². The van der Waals surface area contributed by atoms with Crippen LogP contribution in [0.3, 0.4) is 0 Å². The molecule has 0 saturated heterocycles. The van der Waals surface area contributed by atoms with Gasteiger partial charge in [-0.1, -0.05) is 45.2 Å². The summed E-state index contributed by atoms with van der Waals surface area (Å²) >= 11 is 0. The van der Waals surface area contributed by atoms with Crippen molar-refractivity contribution in [2.45, 2.75) is 58.4 Å². The normalized spacial score (nSPS) is 24.6. The standard InChI is InChI=1S/C18H28FN/c1-3-14-8-10-15(11-9-14)13-20-18(4-2)16-6-5-7-17(19)12-16/h5-7,12,14-15,18,20H,3-4,8-11,13H2,1-2H3. The summed E-state index contributed by atoms with van der Waals surface area (Å²) in [5, 5.41) is 3.65. The van der Waals surface area contributed by atoms with Gasteiger partial charge in [-0.25, -0.2) is 4.39 Å². The highest BCUT2D eigenvalue weighted by molar-refractivity contribution is 5.20. The smallest absolute Gasteiger partial charge is 0.123 e. The lowest BCUT2D eigenvalue weighted by Gasteiger charge is -2.29. The molecule has 0 radical (unpaired) electrons. The van der Waals surface area contributed by atoms with Crippen LogP contribution >= 0.6 is 0 Å². The van der Waals surface area contributed by atoms with Crippen molar-refractivity contribution in [3.63, 3.8) is 0 Å². The molecule has 1 unspecified atom stereocenters. The maximum absolute atomic E-state index is 13.3. The summed E-state index contributed by atoms with van der Waals surface area (Å²) in [4.78, 5) is 0. The SMILES string of the molecule is CCC1CCC(CNC(CC)c2cccc(F)c2)CC1. The molecule has 2 rings (SSSR count). The molecule has 1 aromatic carbocycles. The lowest BCUT2D eigenvalue weighted by atomic mass is 9.81. The van der Waals surface area contributed by atoms with Crippen molar-refractivity contribution in [1.82, 2.24) is 5.32 Å². The topological polar surface area (TPSA) is 12.0 Å². The Morgan fingerprint density at radius 1 is 1.15 bits per heavy atom. The van der Waals surface area contributed by atoms with E-state index in [-0.39, 0.29) is 11.9 Å². The zero-order valence-electron chi connectivity index (χ0n) is 12.9. The fourth-order valence-electron chi connectivity index (χ4n) is 3.37. The lowest BCUT2D eigenvalue weighted by Crippen LogP contribution is -2.29. The molecule has 0 aliphatic heterocycles. The largest absolute Gasteiger partial charge is 0.310 e. The van der Waals surface area contributed by atoms with Crippen LogP contribution in [0.2, 0.25) is 0 Å². The molecule has 112 valence electrons. The zero-order valence-corrected chi connectivity index (χ0v) is 12.9. The van der Waals surface area contributed by atoms with Crippen LogP contribution in [-0.2, 0) is 0 Å². The third-order valence-electron chi connectivity index (χ3n) is 4.86. The van der Waals surface area contributed by atoms with Crippen molar-refractivity contribution >= 4 is 0 Å². The van der Waals surface area contributed by atoms with E-state index in [1.165, 1.54) is 38.2 Å². The second-order valence-electron chi connectivity index (χ2n) is 6.22. The molecular formula is C18H28FN. The van der Waals surface area contributed by atoms with Gasteiger partial charge in [0, 0.05) is 6.04 Å². The average molecular weight is 277 g/mol. The Hall–Kier alpha value is -0.890. The molecular weight excluding hydrogens is 249 g/mol. The number of rotatable bonds is 6. The molecule has 0 spiro atoms. The summed E-state index contributed by atoms with van der Waals surface area (Å²) in [5.41, 5.74) is 1.08. The maximum Gasteiger partial charge on any atom is 0.123 e. The van der Waals surface area contributed by atoms with E-state index in [2.05, 4.69) is 19.2 Å². The van der Waals surface area contributed by atoms with Gasteiger partial charge in [-0.2, -0.15) is 0 Å². The van der Waals surface area contributed by atoms with Gasteiger partial charge < -0.3 is 5.32 Å². The Balaban J connectivity index is 1.82. The predicted molar refractivity (Wildman–Crippen MR) is 83.2 cm³/mol. The van der Waals surface area contributed by atoms with Crippen LogP contribution in [0.1, 0.15) is 64.0 Å². The van der Waals surface area contributed by atoms with E-state index in [1.54, 1.807) is 6.07 Å². The molecule has 1 aliphatic rings. The lowest BCUT2D eigenvalue weighted by molar-refractivity contribution is 0.256. The first-order valence-corrected chi connectivity index (χ1v) is 8.21. The molecule has 1 aromatic rings. The summed E-state index contributed by atoms with van der Waals surface area (Å²) in [7, 11) is 0. The zero-order chi connectivity index (χ0) is 14.4. The molecule has 1 fully saturated rings. The summed E-state index contributed by atoms with van der Waals surface area (Å²) in [6, 6.07) is 7.30. The fourth-order valence-corrected chi connectivity index (χ4v) is 3.37. The van der Waals surface area contributed by atoms with Crippen molar-refractivity contribution in [2.24, 2.45) is 11.8 Å². The first-order chi connectivity index (χ1) is 9.72. The van der Waals surface area contributed by atoms with Gasteiger partial charge in [0.05, 0.1) is 0 Å². The summed E-state index contributed by atoms with van der Waals surface area (Å²) in [6.07, 6.45) is 7.82. The van der Waals surface area contributed by atoms with E-state index in [9.17, 15) is 4.39 Å². The summed E-state index contributed by atoms with van der Waals surface area (Å²) < 4.78 is 13.3. The van der Waals surface area contributed by atoms with Gasteiger partial charge in [-0.15, -0.1) is 0 Å². The van der Waals surface area contributed by atoms with Crippen LogP contribution in [-0.4, -0.2) is 6.54 Å². The average Bonchev–Trinajstić information content (AvgIpc) is 2.48. The van der Waals surface area contributed by atoms with Crippen molar-refractivity contribution < 1.29 is 4.39 Å². The van der Waals surface area contributed by atoms with Crippen LogP contribution in [0.5, 0.6) is 0 Å². The quantitative estimate of drug-likeness (QED) is 0.764. The summed E-state index contributed by atoms with van der Waals surface area (Å²) in [5.74, 6) is 1.63. The first kappa shape index (κ1) is 15.5. The van der Waals surface area contributed by atoms with Gasteiger partial charge in [0.25, 0.3) is 0 Å². The molecule has 0 aromatic heterocycles. The van der Waals surface area contributed by atoms with Crippen LogP contribution in [0, 0.1) is 17.7 Å². The third kappa shape index (κ3) is 4.31. The van der Waals surface area contributed by atoms with Crippen molar-refractivity contribution in [2.75, 3.05) is 6.54 Å². The minimum absolute atomic E-state index is 0.133. The van der Waals surface area contributed by atoms with Crippen LogP contribution < -0.4 is 5.32 Å². The van der Waals surface area contributed by atoms with E-state index in [4.69, 9.17) is 0 Å². The Morgan fingerprint density at radius 3 is 2.45 bits per heavy atom. The van der Waals surface area contributed by atoms with Gasteiger partial charge in [0.2, 0.25) is 0 Å². The second kappa shape index (κ2) is 7.78. The van der Waals surface area contributed by atoms with Crippen molar-refractivity contribution in [3.05, 3.63) is 35.6 Å². The van der Waals surface area contributed by atoms with Crippen molar-refractivity contribution in [3.8, 4) is 0 Å². The molecule has 1 N–H and O–H groups in total. The van der Waals surface area contributed by atoms with E-state index in [0.29, 0.717) is 0 Å². The molecule has 20 heavy (non-hydrogen) atoms. The minimum Gasteiger partial charge on any atom is -0.310 e. The Morgan fingerprint density at radius 2 is 1.85 bits per heavy atom. The molecule has 0 bridgehead atoms. The first-order valence-electron chi connectivity index (χ1n) is 8.21. The molecule has 1 atom stereocenters. The van der Waals surface area contributed by atoms with Crippen molar-refractivity contribution in [1.29, 1.82) is 0 Å². The predicted octanol–water partition coefficient (Wildman–Crippen LogP) is 5.08. The highest BCUT2D eigenvalue weighted by Gasteiger charge is 2.20. The molecule has 0 amide bonds. The van der Waals surface area contributed by atoms with Crippen LogP contribution in [0.25, 0.3) is 0 Å². The molecule has 1 nitrogen and oxygen atoms in total. The Kier molecular flexibility index (Phi) is 6.03. The highest BCUT2D eigenvalue weighted by atomic mass is 19.1. The Labute approximate surface area is 123 Å². The van der Waals surface area contributed by atoms with Gasteiger partial charge in [-0.05, 0) is 55.3 Å². The van der Waals surface area contributed by atoms with Gasteiger partial charge >= 0.3 is 0 Å². The number of hydrogen-bond acceptors (Lipinski definition) is 1. The van der Waals surface area contributed by atoms with Gasteiger partial charge in [0.15, 0.2) is 0 Å². The molecule has 1 saturated carbocycles. The van der Waals surface area contributed by atoms with Crippen LogP contribution in [0.4, 0.5) is 4.39 Å². The van der Waals surface area contributed by atoms with Gasteiger partial charge in [-0.3, -0.25) is 0 Å². The maximum atomic E-state index is 13.3. The molecule has 0 heterocycles. The van der Waals surface area contributed by atoms with Gasteiger partial charge in [0.1, 0.15) is 5.82 Å². The Bertz CT molecular complexity index is 396. The van der Waals surface area contributed by atoms with E-state index in [0.717, 1.165) is 30.4 Å². The molecule has 2 heteroatoms. The monoisotopic (exact) mass is 277 g/mol. The number of hydrogen-bond donors (Lipinski definition) is 1. The number of halogens is 1. The highest BCUT2D eigenvalue weighted by Crippen LogP contribution is 2.30. The second-order valence-corrected chi connectivity index (χ2v) is 6.22. The summed E-state index contributed by atoms with van der Waals surface area (Å²) in [6.45, 7) is 5.54. The van der Waals surface area contributed by atoms with E-state index in [1.807, 2.05) is 12.1 Å². The number of nitrogens with one attached hydrogen (secondary N) is 1. The molecule has 1 aliphatic carbocycles. The van der Waals surface area contributed by atoms with E-state index < -0.39 is 0 Å². The number of benzene rings is 1. The minimum atomic E-state index is -0.133. The fraction of sp³-hybridized carbons (Fsp3) is 0.667. The van der Waals surface area contributed by atoms with E-state index >= 15 is 0 Å². The third-order valence-corrected chi connectivity index (χ3v) is 4.86.